The first-order valence-electron chi connectivity index (χ1n) is 9.76. The third kappa shape index (κ3) is 5.50. The molecule has 1 unspecified atom stereocenters. The fourth-order valence-corrected chi connectivity index (χ4v) is 5.37. The number of carbonyl (C=O) groups excluding carboxylic acids is 1. The third-order valence-corrected chi connectivity index (χ3v) is 7.28. The number of nitrogens with one attached hydrogen (secondary N) is 2. The van der Waals surface area contributed by atoms with Gasteiger partial charge in [0, 0.05) is 24.7 Å². The standard InChI is InChI=1S/C21H26ClN3O3S/c1-16(17-9-7-10-19(22)14-17)24-21(26)23-15-18-8-3-4-11-20(18)29(27,28)25-12-5-2-6-13-25/h3-4,7-11,14,16H,2,5-6,12-13,15H2,1H3,(H2,23,24,26). The summed E-state index contributed by atoms with van der Waals surface area (Å²) in [6, 6.07) is 13.5. The smallest absolute Gasteiger partial charge is 0.315 e. The summed E-state index contributed by atoms with van der Waals surface area (Å²) in [4.78, 5) is 12.6. The van der Waals surface area contributed by atoms with Crippen molar-refractivity contribution in [1.82, 2.24) is 14.9 Å². The fraction of sp³-hybridized carbons (Fsp3) is 0.381. The number of sulfonamides is 1. The Labute approximate surface area is 177 Å². The van der Waals surface area contributed by atoms with Crippen molar-refractivity contribution in [3.8, 4) is 0 Å². The Hall–Kier alpha value is -2.09. The lowest BCUT2D eigenvalue weighted by molar-refractivity contribution is 0.237. The molecule has 1 fully saturated rings. The van der Waals surface area contributed by atoms with Crippen LogP contribution in [0.15, 0.2) is 53.4 Å². The van der Waals surface area contributed by atoms with Gasteiger partial charge in [0.2, 0.25) is 10.0 Å². The van der Waals surface area contributed by atoms with Gasteiger partial charge in [-0.15, -0.1) is 0 Å². The molecule has 8 heteroatoms. The molecule has 0 saturated carbocycles. The molecule has 2 N–H and O–H groups in total. The topological polar surface area (TPSA) is 78.5 Å². The van der Waals surface area contributed by atoms with Crippen LogP contribution >= 0.6 is 11.6 Å². The maximum absolute atomic E-state index is 13.0. The molecule has 0 radical (unpaired) electrons. The molecule has 0 aromatic heterocycles. The van der Waals surface area contributed by atoms with E-state index in [2.05, 4.69) is 10.6 Å². The minimum atomic E-state index is -3.56. The van der Waals surface area contributed by atoms with Gasteiger partial charge in [0.1, 0.15) is 0 Å². The molecule has 1 atom stereocenters. The van der Waals surface area contributed by atoms with Crippen LogP contribution in [0.25, 0.3) is 0 Å². The van der Waals surface area contributed by atoms with Crippen LogP contribution in [0.4, 0.5) is 4.79 Å². The number of hydrogen-bond acceptors (Lipinski definition) is 3. The number of amides is 2. The van der Waals surface area contributed by atoms with Crippen LogP contribution in [-0.2, 0) is 16.6 Å². The SMILES string of the molecule is CC(NC(=O)NCc1ccccc1S(=O)(=O)N1CCCCC1)c1cccc(Cl)c1. The van der Waals surface area contributed by atoms with Crippen molar-refractivity contribution in [1.29, 1.82) is 0 Å². The normalized spacial score (nSPS) is 16.2. The van der Waals surface area contributed by atoms with Crippen LogP contribution in [0, 0.1) is 0 Å². The van der Waals surface area contributed by atoms with Crippen molar-refractivity contribution in [2.45, 2.75) is 43.7 Å². The molecular weight excluding hydrogens is 410 g/mol. The van der Waals surface area contributed by atoms with Crippen LogP contribution < -0.4 is 10.6 Å². The number of urea groups is 1. The zero-order chi connectivity index (χ0) is 20.9. The second-order valence-electron chi connectivity index (χ2n) is 7.18. The summed E-state index contributed by atoms with van der Waals surface area (Å²) in [5.74, 6) is 0. The van der Waals surface area contributed by atoms with Gasteiger partial charge in [0.05, 0.1) is 10.9 Å². The van der Waals surface area contributed by atoms with E-state index in [1.807, 2.05) is 19.1 Å². The average molecular weight is 436 g/mol. The van der Waals surface area contributed by atoms with Crippen molar-refractivity contribution in [3.05, 3.63) is 64.7 Å². The molecule has 2 aromatic carbocycles. The highest BCUT2D eigenvalue weighted by Gasteiger charge is 2.27. The van der Waals surface area contributed by atoms with E-state index in [-0.39, 0.29) is 23.5 Å². The quantitative estimate of drug-likeness (QED) is 0.717. The van der Waals surface area contributed by atoms with Gasteiger partial charge in [0.15, 0.2) is 0 Å². The number of benzene rings is 2. The van der Waals surface area contributed by atoms with Crippen LogP contribution in [0.5, 0.6) is 0 Å². The second-order valence-corrected chi connectivity index (χ2v) is 9.52. The van der Waals surface area contributed by atoms with Gasteiger partial charge in [-0.25, -0.2) is 13.2 Å². The maximum atomic E-state index is 13.0. The molecule has 1 heterocycles. The Morgan fingerprint density at radius 3 is 2.55 bits per heavy atom. The highest BCUT2D eigenvalue weighted by molar-refractivity contribution is 7.89. The molecule has 2 amide bonds. The first kappa shape index (κ1) is 21.6. The summed E-state index contributed by atoms with van der Waals surface area (Å²) in [5, 5.41) is 6.22. The Morgan fingerprint density at radius 2 is 1.83 bits per heavy atom. The van der Waals surface area contributed by atoms with E-state index >= 15 is 0 Å². The van der Waals surface area contributed by atoms with Crippen LogP contribution in [0.1, 0.15) is 43.4 Å². The molecular formula is C21H26ClN3O3S. The summed E-state index contributed by atoms with van der Waals surface area (Å²) in [5.41, 5.74) is 1.46. The van der Waals surface area contributed by atoms with Crippen molar-refractivity contribution in [2.24, 2.45) is 0 Å². The summed E-state index contributed by atoms with van der Waals surface area (Å²) in [6.07, 6.45) is 2.81. The fourth-order valence-electron chi connectivity index (χ4n) is 3.43. The zero-order valence-electron chi connectivity index (χ0n) is 16.4. The second kappa shape index (κ2) is 9.61. The van der Waals surface area contributed by atoms with E-state index < -0.39 is 10.0 Å². The highest BCUT2D eigenvalue weighted by Crippen LogP contribution is 2.23. The number of hydrogen-bond donors (Lipinski definition) is 2. The number of rotatable bonds is 6. The number of halogens is 1. The number of nitrogens with zero attached hydrogens (tertiary/aromatic N) is 1. The van der Waals surface area contributed by atoms with Crippen molar-refractivity contribution < 1.29 is 13.2 Å². The molecule has 1 aliphatic heterocycles. The largest absolute Gasteiger partial charge is 0.334 e. The van der Waals surface area contributed by atoms with E-state index in [9.17, 15) is 13.2 Å². The summed E-state index contributed by atoms with van der Waals surface area (Å²) in [7, 11) is -3.56. The maximum Gasteiger partial charge on any atom is 0.315 e. The van der Waals surface area contributed by atoms with Gasteiger partial charge < -0.3 is 10.6 Å². The first-order chi connectivity index (χ1) is 13.9. The van der Waals surface area contributed by atoms with Crippen molar-refractivity contribution in [3.63, 3.8) is 0 Å². The van der Waals surface area contributed by atoms with Gasteiger partial charge in [-0.1, -0.05) is 48.4 Å². The van der Waals surface area contributed by atoms with Crippen LogP contribution in [0.3, 0.4) is 0 Å². The summed E-state index contributed by atoms with van der Waals surface area (Å²) >= 11 is 6.00. The van der Waals surface area contributed by atoms with Crippen molar-refractivity contribution in [2.75, 3.05) is 13.1 Å². The van der Waals surface area contributed by atoms with Gasteiger partial charge in [-0.05, 0) is 49.1 Å². The lowest BCUT2D eigenvalue weighted by atomic mass is 10.1. The summed E-state index contributed by atoms with van der Waals surface area (Å²) in [6.45, 7) is 3.07. The molecule has 0 bridgehead atoms. The lowest BCUT2D eigenvalue weighted by Crippen LogP contribution is -2.38. The van der Waals surface area contributed by atoms with Gasteiger partial charge in [-0.2, -0.15) is 4.31 Å². The predicted molar refractivity (Wildman–Crippen MR) is 114 cm³/mol. The molecule has 0 spiro atoms. The molecule has 1 saturated heterocycles. The highest BCUT2D eigenvalue weighted by atomic mass is 35.5. The summed E-state index contributed by atoms with van der Waals surface area (Å²) < 4.78 is 27.6. The van der Waals surface area contributed by atoms with E-state index in [1.54, 1.807) is 36.4 Å². The zero-order valence-corrected chi connectivity index (χ0v) is 18.0. The molecule has 6 nitrogen and oxygen atoms in total. The average Bonchev–Trinajstić information content (AvgIpc) is 2.73. The monoisotopic (exact) mass is 435 g/mol. The lowest BCUT2D eigenvalue weighted by Gasteiger charge is -2.27. The third-order valence-electron chi connectivity index (χ3n) is 5.04. The van der Waals surface area contributed by atoms with Gasteiger partial charge in [-0.3, -0.25) is 0 Å². The van der Waals surface area contributed by atoms with Crippen molar-refractivity contribution >= 4 is 27.7 Å². The Morgan fingerprint density at radius 1 is 1.10 bits per heavy atom. The van der Waals surface area contributed by atoms with Crippen LogP contribution in [0.2, 0.25) is 5.02 Å². The van der Waals surface area contributed by atoms with E-state index in [4.69, 9.17) is 11.6 Å². The Kier molecular flexibility index (Phi) is 7.16. The molecule has 2 aromatic rings. The first-order valence-corrected chi connectivity index (χ1v) is 11.6. The number of piperidine rings is 1. The molecule has 3 rings (SSSR count). The number of carbonyl (C=O) groups is 1. The Balaban J connectivity index is 1.66. The molecule has 156 valence electrons. The predicted octanol–water partition coefficient (Wildman–Crippen LogP) is 4.08. The molecule has 1 aliphatic rings. The van der Waals surface area contributed by atoms with Gasteiger partial charge >= 0.3 is 6.03 Å². The van der Waals surface area contributed by atoms with E-state index in [1.165, 1.54) is 4.31 Å². The van der Waals surface area contributed by atoms with Gasteiger partial charge in [0.25, 0.3) is 0 Å². The Bertz CT molecular complexity index is 959. The minimum absolute atomic E-state index is 0.122. The van der Waals surface area contributed by atoms with Crippen LogP contribution in [-0.4, -0.2) is 31.8 Å². The van der Waals surface area contributed by atoms with E-state index in [0.29, 0.717) is 23.7 Å². The molecule has 29 heavy (non-hydrogen) atoms. The minimum Gasteiger partial charge on any atom is -0.334 e. The van der Waals surface area contributed by atoms with E-state index in [0.717, 1.165) is 24.8 Å². The molecule has 0 aliphatic carbocycles.